The fraction of sp³-hybridized carbons (Fsp3) is 0.273. The Morgan fingerprint density at radius 3 is 2.88 bits per heavy atom. The minimum atomic E-state index is -0.371. The first-order chi connectivity index (χ1) is 7.65. The SMILES string of the molecule is Cc1ccc([N+](=O)[O-])c2[nH]cc(CCN)c12. The van der Waals surface area contributed by atoms with Crippen molar-refractivity contribution in [2.24, 2.45) is 5.73 Å². The maximum Gasteiger partial charge on any atom is 0.293 e. The smallest absolute Gasteiger partial charge is 0.293 e. The van der Waals surface area contributed by atoms with E-state index in [2.05, 4.69) is 4.98 Å². The molecular weight excluding hydrogens is 206 g/mol. The number of hydrogen-bond donors (Lipinski definition) is 2. The van der Waals surface area contributed by atoms with Crippen molar-refractivity contribution in [1.29, 1.82) is 0 Å². The molecule has 16 heavy (non-hydrogen) atoms. The van der Waals surface area contributed by atoms with E-state index in [9.17, 15) is 10.1 Å². The van der Waals surface area contributed by atoms with Gasteiger partial charge < -0.3 is 10.7 Å². The monoisotopic (exact) mass is 219 g/mol. The minimum absolute atomic E-state index is 0.115. The number of H-pyrrole nitrogens is 1. The van der Waals surface area contributed by atoms with Crippen LogP contribution >= 0.6 is 0 Å². The van der Waals surface area contributed by atoms with Gasteiger partial charge in [0, 0.05) is 17.6 Å². The van der Waals surface area contributed by atoms with Gasteiger partial charge in [-0.05, 0) is 31.0 Å². The molecule has 3 N–H and O–H groups in total. The second-order valence-corrected chi connectivity index (χ2v) is 3.76. The van der Waals surface area contributed by atoms with Crippen LogP contribution in [0.3, 0.4) is 0 Å². The summed E-state index contributed by atoms with van der Waals surface area (Å²) in [6.45, 7) is 2.48. The predicted molar refractivity (Wildman–Crippen MR) is 62.4 cm³/mol. The number of aromatic nitrogens is 1. The maximum atomic E-state index is 10.9. The van der Waals surface area contributed by atoms with E-state index in [0.717, 1.165) is 22.9 Å². The van der Waals surface area contributed by atoms with E-state index in [4.69, 9.17) is 5.73 Å². The number of fused-ring (bicyclic) bond motifs is 1. The first-order valence-electron chi connectivity index (χ1n) is 5.09. The number of nitro groups is 1. The van der Waals surface area contributed by atoms with E-state index in [1.165, 1.54) is 6.07 Å². The molecule has 0 aliphatic carbocycles. The highest BCUT2D eigenvalue weighted by atomic mass is 16.6. The van der Waals surface area contributed by atoms with Crippen LogP contribution in [0.15, 0.2) is 18.3 Å². The highest BCUT2D eigenvalue weighted by molar-refractivity contribution is 5.93. The van der Waals surface area contributed by atoms with Gasteiger partial charge in [-0.3, -0.25) is 10.1 Å². The van der Waals surface area contributed by atoms with Crippen LogP contribution < -0.4 is 5.73 Å². The fourth-order valence-corrected chi connectivity index (χ4v) is 1.99. The van der Waals surface area contributed by atoms with Gasteiger partial charge in [0.05, 0.1) is 4.92 Å². The molecule has 0 atom stereocenters. The number of hydrogen-bond acceptors (Lipinski definition) is 3. The number of nitrogens with one attached hydrogen (secondary N) is 1. The van der Waals surface area contributed by atoms with Crippen molar-refractivity contribution >= 4 is 16.6 Å². The third kappa shape index (κ3) is 1.55. The Morgan fingerprint density at radius 1 is 1.50 bits per heavy atom. The van der Waals surface area contributed by atoms with E-state index in [0.29, 0.717) is 12.1 Å². The zero-order chi connectivity index (χ0) is 11.7. The largest absolute Gasteiger partial charge is 0.355 e. The Labute approximate surface area is 92.4 Å². The van der Waals surface area contributed by atoms with E-state index < -0.39 is 0 Å². The summed E-state index contributed by atoms with van der Waals surface area (Å²) in [4.78, 5) is 13.5. The van der Waals surface area contributed by atoms with E-state index in [1.54, 1.807) is 12.3 Å². The Hall–Kier alpha value is -1.88. The Kier molecular flexibility index (Phi) is 2.62. The van der Waals surface area contributed by atoms with Crippen LogP contribution in [0.25, 0.3) is 10.9 Å². The molecule has 0 amide bonds. The molecular formula is C11H13N3O2. The lowest BCUT2D eigenvalue weighted by molar-refractivity contribution is -0.383. The molecule has 0 spiro atoms. The van der Waals surface area contributed by atoms with E-state index in [1.807, 2.05) is 6.92 Å². The number of aromatic amines is 1. The highest BCUT2D eigenvalue weighted by Gasteiger charge is 2.16. The van der Waals surface area contributed by atoms with Gasteiger partial charge in [-0.15, -0.1) is 0 Å². The molecule has 0 unspecified atom stereocenters. The number of aryl methyl sites for hydroxylation is 1. The Balaban J connectivity index is 2.73. The zero-order valence-corrected chi connectivity index (χ0v) is 8.99. The van der Waals surface area contributed by atoms with Crippen molar-refractivity contribution in [3.63, 3.8) is 0 Å². The Morgan fingerprint density at radius 2 is 2.25 bits per heavy atom. The normalized spacial score (nSPS) is 10.9. The second-order valence-electron chi connectivity index (χ2n) is 3.76. The van der Waals surface area contributed by atoms with Gasteiger partial charge in [-0.1, -0.05) is 6.07 Å². The van der Waals surface area contributed by atoms with Crippen molar-refractivity contribution < 1.29 is 4.92 Å². The van der Waals surface area contributed by atoms with Gasteiger partial charge in [0.2, 0.25) is 0 Å². The third-order valence-corrected chi connectivity index (χ3v) is 2.71. The molecule has 0 radical (unpaired) electrons. The molecule has 0 bridgehead atoms. The fourth-order valence-electron chi connectivity index (χ4n) is 1.99. The number of rotatable bonds is 3. The topological polar surface area (TPSA) is 85.0 Å². The number of nitrogens with two attached hydrogens (primary N) is 1. The number of nitrogens with zero attached hydrogens (tertiary/aromatic N) is 1. The van der Waals surface area contributed by atoms with Gasteiger partial charge in [0.15, 0.2) is 0 Å². The first-order valence-corrected chi connectivity index (χ1v) is 5.09. The van der Waals surface area contributed by atoms with Gasteiger partial charge in [0.25, 0.3) is 5.69 Å². The first kappa shape index (κ1) is 10.6. The predicted octanol–water partition coefficient (Wildman–Crippen LogP) is 1.89. The molecule has 1 heterocycles. The molecule has 2 rings (SSSR count). The van der Waals surface area contributed by atoms with Crippen molar-refractivity contribution in [2.75, 3.05) is 6.54 Å². The standard InChI is InChI=1S/C11H13N3O2/c1-7-2-3-9(14(15)16)11-10(7)8(4-5-12)6-13-11/h2-3,6,13H,4-5,12H2,1H3. The summed E-state index contributed by atoms with van der Waals surface area (Å²) in [6, 6.07) is 3.30. The lowest BCUT2D eigenvalue weighted by atomic mass is 10.0. The van der Waals surface area contributed by atoms with E-state index >= 15 is 0 Å². The number of non-ortho nitro benzene ring substituents is 1. The van der Waals surface area contributed by atoms with Gasteiger partial charge in [-0.25, -0.2) is 0 Å². The highest BCUT2D eigenvalue weighted by Crippen LogP contribution is 2.30. The molecule has 0 saturated heterocycles. The van der Waals surface area contributed by atoms with Crippen molar-refractivity contribution in [3.8, 4) is 0 Å². The van der Waals surface area contributed by atoms with Gasteiger partial charge >= 0.3 is 0 Å². The van der Waals surface area contributed by atoms with Crippen LogP contribution in [0.1, 0.15) is 11.1 Å². The average molecular weight is 219 g/mol. The summed E-state index contributed by atoms with van der Waals surface area (Å²) in [5.74, 6) is 0. The summed E-state index contributed by atoms with van der Waals surface area (Å²) in [5, 5.41) is 11.8. The minimum Gasteiger partial charge on any atom is -0.355 e. The summed E-state index contributed by atoms with van der Waals surface area (Å²) < 4.78 is 0. The quantitative estimate of drug-likeness (QED) is 0.610. The molecule has 0 saturated carbocycles. The third-order valence-electron chi connectivity index (χ3n) is 2.71. The van der Waals surface area contributed by atoms with Crippen LogP contribution in [0.5, 0.6) is 0 Å². The molecule has 0 aliphatic heterocycles. The molecule has 1 aromatic carbocycles. The van der Waals surface area contributed by atoms with Gasteiger partial charge in [0.1, 0.15) is 5.52 Å². The zero-order valence-electron chi connectivity index (χ0n) is 8.99. The average Bonchev–Trinajstić information content (AvgIpc) is 2.63. The second kappa shape index (κ2) is 3.94. The Bertz CT molecular complexity index is 545. The number of nitro benzene ring substituents is 1. The molecule has 0 aliphatic rings. The molecule has 84 valence electrons. The lowest BCUT2D eigenvalue weighted by Crippen LogP contribution is -2.02. The van der Waals surface area contributed by atoms with Crippen molar-refractivity contribution in [3.05, 3.63) is 39.6 Å². The van der Waals surface area contributed by atoms with Crippen molar-refractivity contribution in [2.45, 2.75) is 13.3 Å². The summed E-state index contributed by atoms with van der Waals surface area (Å²) in [7, 11) is 0. The van der Waals surface area contributed by atoms with Crippen LogP contribution in [-0.4, -0.2) is 16.5 Å². The van der Waals surface area contributed by atoms with Gasteiger partial charge in [-0.2, -0.15) is 0 Å². The molecule has 1 aromatic heterocycles. The van der Waals surface area contributed by atoms with E-state index in [-0.39, 0.29) is 10.6 Å². The van der Waals surface area contributed by atoms with Crippen LogP contribution in [-0.2, 0) is 6.42 Å². The molecule has 5 nitrogen and oxygen atoms in total. The summed E-state index contributed by atoms with van der Waals surface area (Å²) in [6.07, 6.45) is 2.53. The summed E-state index contributed by atoms with van der Waals surface area (Å²) in [5.41, 5.74) is 8.29. The lowest BCUT2D eigenvalue weighted by Gasteiger charge is -2.01. The van der Waals surface area contributed by atoms with Crippen LogP contribution in [0.2, 0.25) is 0 Å². The summed E-state index contributed by atoms with van der Waals surface area (Å²) >= 11 is 0. The van der Waals surface area contributed by atoms with Crippen LogP contribution in [0, 0.1) is 17.0 Å². The molecule has 2 aromatic rings. The van der Waals surface area contributed by atoms with Crippen molar-refractivity contribution in [1.82, 2.24) is 4.98 Å². The van der Waals surface area contributed by atoms with Crippen LogP contribution in [0.4, 0.5) is 5.69 Å². The molecule has 5 heteroatoms. The number of benzene rings is 1. The maximum absolute atomic E-state index is 10.9. The molecule has 0 fully saturated rings.